The lowest BCUT2D eigenvalue weighted by Crippen LogP contribution is -2.08. The Labute approximate surface area is 121 Å². The maximum atomic E-state index is 12.1. The van der Waals surface area contributed by atoms with Crippen molar-refractivity contribution < 1.29 is 9.90 Å². The molecule has 4 heteroatoms. The normalized spacial score (nSPS) is 13.5. The SMILES string of the molecule is O=C1C(Cl)=Cc2ccc(NCCCO)c3cccc1c23. The minimum absolute atomic E-state index is 0.128. The summed E-state index contributed by atoms with van der Waals surface area (Å²) in [4.78, 5) is 12.1. The fourth-order valence-electron chi connectivity index (χ4n) is 2.53. The van der Waals surface area contributed by atoms with E-state index >= 15 is 0 Å². The molecule has 0 fully saturated rings. The van der Waals surface area contributed by atoms with Crippen LogP contribution < -0.4 is 5.32 Å². The Morgan fingerprint density at radius 3 is 2.85 bits per heavy atom. The third-order valence-electron chi connectivity index (χ3n) is 3.47. The number of halogens is 1. The topological polar surface area (TPSA) is 49.3 Å². The highest BCUT2D eigenvalue weighted by atomic mass is 35.5. The Kier molecular flexibility index (Phi) is 3.47. The van der Waals surface area contributed by atoms with Gasteiger partial charge in [-0.1, -0.05) is 35.9 Å². The summed E-state index contributed by atoms with van der Waals surface area (Å²) in [7, 11) is 0. The molecule has 0 radical (unpaired) electrons. The van der Waals surface area contributed by atoms with Crippen molar-refractivity contribution in [2.75, 3.05) is 18.5 Å². The van der Waals surface area contributed by atoms with Crippen LogP contribution in [0.25, 0.3) is 16.8 Å². The fourth-order valence-corrected chi connectivity index (χ4v) is 2.75. The molecule has 102 valence electrons. The molecule has 0 aliphatic heterocycles. The van der Waals surface area contributed by atoms with Gasteiger partial charge in [0.25, 0.3) is 0 Å². The Balaban J connectivity index is 2.15. The van der Waals surface area contributed by atoms with Gasteiger partial charge in [0.05, 0.1) is 5.03 Å². The second-order valence-electron chi connectivity index (χ2n) is 4.76. The Bertz CT molecular complexity index is 722. The zero-order valence-electron chi connectivity index (χ0n) is 10.8. The van der Waals surface area contributed by atoms with E-state index in [1.54, 1.807) is 12.1 Å². The van der Waals surface area contributed by atoms with Crippen molar-refractivity contribution in [1.29, 1.82) is 0 Å². The zero-order chi connectivity index (χ0) is 14.1. The molecule has 1 aliphatic carbocycles. The number of ketones is 1. The number of hydrogen-bond donors (Lipinski definition) is 2. The maximum absolute atomic E-state index is 12.1. The number of allylic oxidation sites excluding steroid dienone is 1. The van der Waals surface area contributed by atoms with Gasteiger partial charge in [-0.3, -0.25) is 4.79 Å². The van der Waals surface area contributed by atoms with Crippen LogP contribution in [0.2, 0.25) is 0 Å². The largest absolute Gasteiger partial charge is 0.396 e. The number of carbonyl (C=O) groups is 1. The van der Waals surface area contributed by atoms with E-state index in [4.69, 9.17) is 16.7 Å². The Morgan fingerprint density at radius 1 is 1.20 bits per heavy atom. The van der Waals surface area contributed by atoms with Gasteiger partial charge in [0.1, 0.15) is 0 Å². The minimum atomic E-state index is -0.128. The van der Waals surface area contributed by atoms with Crippen molar-refractivity contribution in [1.82, 2.24) is 0 Å². The molecule has 2 N–H and O–H groups in total. The summed E-state index contributed by atoms with van der Waals surface area (Å²) < 4.78 is 0. The molecule has 0 amide bonds. The Morgan fingerprint density at radius 2 is 2.05 bits per heavy atom. The highest BCUT2D eigenvalue weighted by Crippen LogP contribution is 2.36. The van der Waals surface area contributed by atoms with E-state index in [0.29, 0.717) is 18.5 Å². The third kappa shape index (κ3) is 2.09. The first-order valence-electron chi connectivity index (χ1n) is 6.54. The summed E-state index contributed by atoms with van der Waals surface area (Å²) in [6, 6.07) is 9.61. The molecule has 0 atom stereocenters. The molecule has 2 aromatic carbocycles. The second-order valence-corrected chi connectivity index (χ2v) is 5.16. The van der Waals surface area contributed by atoms with Gasteiger partial charge < -0.3 is 10.4 Å². The van der Waals surface area contributed by atoms with Gasteiger partial charge in [-0.25, -0.2) is 0 Å². The van der Waals surface area contributed by atoms with Crippen molar-refractivity contribution in [2.45, 2.75) is 6.42 Å². The molecule has 2 aromatic rings. The van der Waals surface area contributed by atoms with Crippen LogP contribution in [-0.2, 0) is 0 Å². The molecular formula is C16H14ClNO2. The minimum Gasteiger partial charge on any atom is -0.396 e. The summed E-state index contributed by atoms with van der Waals surface area (Å²) in [5.41, 5.74) is 2.59. The molecule has 0 aromatic heterocycles. The molecule has 1 aliphatic rings. The van der Waals surface area contributed by atoms with Crippen LogP contribution in [0.4, 0.5) is 5.69 Å². The van der Waals surface area contributed by atoms with Crippen LogP contribution in [0.3, 0.4) is 0 Å². The first kappa shape index (κ1) is 13.2. The van der Waals surface area contributed by atoms with E-state index in [-0.39, 0.29) is 17.4 Å². The van der Waals surface area contributed by atoms with E-state index in [0.717, 1.165) is 22.0 Å². The summed E-state index contributed by atoms with van der Waals surface area (Å²) >= 11 is 5.99. The van der Waals surface area contributed by atoms with Crippen LogP contribution >= 0.6 is 11.6 Å². The van der Waals surface area contributed by atoms with Gasteiger partial charge in [-0.2, -0.15) is 0 Å². The molecule has 20 heavy (non-hydrogen) atoms. The van der Waals surface area contributed by atoms with E-state index in [1.807, 2.05) is 24.3 Å². The van der Waals surface area contributed by atoms with Crippen LogP contribution in [0.5, 0.6) is 0 Å². The lowest BCUT2D eigenvalue weighted by molar-refractivity contribution is 0.104. The van der Waals surface area contributed by atoms with Crippen LogP contribution in [-0.4, -0.2) is 24.0 Å². The summed E-state index contributed by atoms with van der Waals surface area (Å²) in [5.74, 6) is -0.128. The number of carbonyl (C=O) groups excluding carboxylic acids is 1. The number of hydrogen-bond acceptors (Lipinski definition) is 3. The quantitative estimate of drug-likeness (QED) is 0.847. The molecule has 0 saturated heterocycles. The average molecular weight is 288 g/mol. The standard InChI is InChI=1S/C16H14ClNO2/c17-13-9-10-5-6-14(18-7-2-8-19)11-3-1-4-12(15(10)11)16(13)20/h1,3-6,9,18-19H,2,7-8H2. The number of nitrogens with one attached hydrogen (secondary N) is 1. The lowest BCUT2D eigenvalue weighted by atomic mass is 9.91. The van der Waals surface area contributed by atoms with Gasteiger partial charge in [0.15, 0.2) is 0 Å². The van der Waals surface area contributed by atoms with Gasteiger partial charge in [-0.15, -0.1) is 0 Å². The molecule has 0 unspecified atom stereocenters. The number of Topliss-reactive ketones (excluding diaryl/α,β-unsaturated/α-hetero) is 1. The van der Waals surface area contributed by atoms with Crippen molar-refractivity contribution in [2.24, 2.45) is 0 Å². The second kappa shape index (κ2) is 5.27. The van der Waals surface area contributed by atoms with Crippen molar-refractivity contribution >= 4 is 39.9 Å². The predicted octanol–water partition coefficient (Wildman–Crippen LogP) is 3.41. The smallest absolute Gasteiger partial charge is 0.205 e. The predicted molar refractivity (Wildman–Crippen MR) is 82.3 cm³/mol. The van der Waals surface area contributed by atoms with E-state index in [9.17, 15) is 4.79 Å². The molecule has 0 spiro atoms. The number of rotatable bonds is 4. The first-order valence-corrected chi connectivity index (χ1v) is 6.92. The summed E-state index contributed by atoms with van der Waals surface area (Å²) in [5, 5.41) is 14.3. The van der Waals surface area contributed by atoms with Crippen molar-refractivity contribution in [3.8, 4) is 0 Å². The maximum Gasteiger partial charge on any atom is 0.205 e. The van der Waals surface area contributed by atoms with Crippen LogP contribution in [0, 0.1) is 0 Å². The number of aliphatic hydroxyl groups is 1. The van der Waals surface area contributed by atoms with E-state index in [2.05, 4.69) is 5.32 Å². The molecular weight excluding hydrogens is 274 g/mol. The van der Waals surface area contributed by atoms with E-state index in [1.165, 1.54) is 0 Å². The Hall–Kier alpha value is -1.84. The molecule has 0 heterocycles. The number of benzene rings is 2. The van der Waals surface area contributed by atoms with Crippen molar-refractivity contribution in [3.05, 3.63) is 46.5 Å². The van der Waals surface area contributed by atoms with E-state index < -0.39 is 0 Å². The van der Waals surface area contributed by atoms with Crippen LogP contribution in [0.15, 0.2) is 35.4 Å². The monoisotopic (exact) mass is 287 g/mol. The van der Waals surface area contributed by atoms with Gasteiger partial charge in [0.2, 0.25) is 5.78 Å². The number of anilines is 1. The van der Waals surface area contributed by atoms with Gasteiger partial charge in [0, 0.05) is 35.2 Å². The summed E-state index contributed by atoms with van der Waals surface area (Å²) in [6.07, 6.45) is 2.41. The fraction of sp³-hybridized carbons (Fsp3) is 0.188. The average Bonchev–Trinajstić information content (AvgIpc) is 2.47. The lowest BCUT2D eigenvalue weighted by Gasteiger charge is -2.17. The zero-order valence-corrected chi connectivity index (χ0v) is 11.6. The summed E-state index contributed by atoms with van der Waals surface area (Å²) in [6.45, 7) is 0.852. The van der Waals surface area contributed by atoms with Gasteiger partial charge >= 0.3 is 0 Å². The van der Waals surface area contributed by atoms with Crippen molar-refractivity contribution in [3.63, 3.8) is 0 Å². The van der Waals surface area contributed by atoms with Crippen LogP contribution in [0.1, 0.15) is 22.3 Å². The molecule has 0 bridgehead atoms. The molecule has 3 rings (SSSR count). The number of aliphatic hydroxyl groups excluding tert-OH is 1. The first-order chi connectivity index (χ1) is 9.72. The molecule has 0 saturated carbocycles. The highest BCUT2D eigenvalue weighted by Gasteiger charge is 2.21. The molecule has 3 nitrogen and oxygen atoms in total. The van der Waals surface area contributed by atoms with Gasteiger partial charge in [-0.05, 0) is 24.1 Å². The highest BCUT2D eigenvalue weighted by molar-refractivity contribution is 6.49. The third-order valence-corrected chi connectivity index (χ3v) is 3.75.